The first-order valence-electron chi connectivity index (χ1n) is 11.8. The van der Waals surface area contributed by atoms with E-state index in [1.807, 2.05) is 50.2 Å². The number of amides is 3. The SMILES string of the molecule is CC(C)NC(=O)C(c1ccccc1)N(CCO)C(=O)C(Cc1ccccc1)NC(=O)OC(C)(C)C. The molecule has 2 atom stereocenters. The Kier molecular flexibility index (Phi) is 10.3. The Labute approximate surface area is 207 Å². The van der Waals surface area contributed by atoms with E-state index < -0.39 is 29.7 Å². The molecule has 3 amide bonds. The summed E-state index contributed by atoms with van der Waals surface area (Å²) < 4.78 is 5.39. The summed E-state index contributed by atoms with van der Waals surface area (Å²) in [5.41, 5.74) is 0.677. The van der Waals surface area contributed by atoms with Crippen molar-refractivity contribution >= 4 is 17.9 Å². The Hall–Kier alpha value is -3.39. The van der Waals surface area contributed by atoms with E-state index in [0.29, 0.717) is 5.56 Å². The zero-order valence-corrected chi connectivity index (χ0v) is 21.2. The van der Waals surface area contributed by atoms with Gasteiger partial charge in [-0.3, -0.25) is 9.59 Å². The number of aliphatic hydroxyl groups is 1. The maximum atomic E-state index is 13.9. The van der Waals surface area contributed by atoms with Crippen molar-refractivity contribution in [2.75, 3.05) is 13.2 Å². The van der Waals surface area contributed by atoms with Gasteiger partial charge in [0.25, 0.3) is 0 Å². The number of nitrogens with one attached hydrogen (secondary N) is 2. The molecule has 190 valence electrons. The van der Waals surface area contributed by atoms with Crippen LogP contribution in [0.4, 0.5) is 4.79 Å². The second-order valence-corrected chi connectivity index (χ2v) is 9.62. The highest BCUT2D eigenvalue weighted by Gasteiger charge is 2.36. The summed E-state index contributed by atoms with van der Waals surface area (Å²) in [5.74, 6) is -0.870. The highest BCUT2D eigenvalue weighted by molar-refractivity contribution is 5.92. The van der Waals surface area contributed by atoms with Gasteiger partial charge in [0.15, 0.2) is 0 Å². The fourth-order valence-corrected chi connectivity index (χ4v) is 3.65. The van der Waals surface area contributed by atoms with Crippen molar-refractivity contribution in [3.05, 3.63) is 71.8 Å². The molecule has 0 radical (unpaired) electrons. The van der Waals surface area contributed by atoms with Crippen LogP contribution in [0.5, 0.6) is 0 Å². The van der Waals surface area contributed by atoms with Crippen LogP contribution in [0, 0.1) is 0 Å². The van der Waals surface area contributed by atoms with Crippen LogP contribution in [0.15, 0.2) is 60.7 Å². The standard InChI is InChI=1S/C27H37N3O5/c1-19(2)28-24(32)23(21-14-10-7-11-15-21)30(16-17-31)25(33)22(18-20-12-8-6-9-13-20)29-26(34)35-27(3,4)5/h6-15,19,22-23,31H,16-18H2,1-5H3,(H,28,32)(H,29,34). The average molecular weight is 484 g/mol. The van der Waals surface area contributed by atoms with Crippen LogP contribution in [-0.2, 0) is 20.7 Å². The minimum Gasteiger partial charge on any atom is -0.444 e. The number of nitrogens with zero attached hydrogens (tertiary/aromatic N) is 1. The van der Waals surface area contributed by atoms with Crippen LogP contribution in [0.1, 0.15) is 51.8 Å². The lowest BCUT2D eigenvalue weighted by molar-refractivity contribution is -0.143. The number of ether oxygens (including phenoxy) is 1. The van der Waals surface area contributed by atoms with Crippen LogP contribution in [0.25, 0.3) is 0 Å². The summed E-state index contributed by atoms with van der Waals surface area (Å²) in [6.45, 7) is 8.43. The molecule has 0 aliphatic carbocycles. The Balaban J connectivity index is 2.46. The molecule has 0 aliphatic heterocycles. The smallest absolute Gasteiger partial charge is 0.408 e. The Morgan fingerprint density at radius 2 is 1.51 bits per heavy atom. The highest BCUT2D eigenvalue weighted by atomic mass is 16.6. The number of carbonyl (C=O) groups is 3. The summed E-state index contributed by atoms with van der Waals surface area (Å²) in [7, 11) is 0. The molecule has 0 spiro atoms. The van der Waals surface area contributed by atoms with Gasteiger partial charge >= 0.3 is 6.09 Å². The van der Waals surface area contributed by atoms with Gasteiger partial charge in [0.2, 0.25) is 11.8 Å². The van der Waals surface area contributed by atoms with Crippen LogP contribution in [-0.4, -0.2) is 58.8 Å². The van der Waals surface area contributed by atoms with Gasteiger partial charge in [0.1, 0.15) is 17.7 Å². The molecule has 8 heteroatoms. The predicted octanol–water partition coefficient (Wildman–Crippen LogP) is 3.21. The lowest BCUT2D eigenvalue weighted by atomic mass is 10.00. The van der Waals surface area contributed by atoms with Crippen molar-refractivity contribution in [1.82, 2.24) is 15.5 Å². The third-order valence-corrected chi connectivity index (χ3v) is 5.00. The van der Waals surface area contributed by atoms with Crippen LogP contribution >= 0.6 is 0 Å². The number of aliphatic hydroxyl groups excluding tert-OH is 1. The van der Waals surface area contributed by atoms with Gasteiger partial charge in [0.05, 0.1) is 6.61 Å². The molecule has 0 fully saturated rings. The average Bonchev–Trinajstić information content (AvgIpc) is 2.77. The van der Waals surface area contributed by atoms with Crippen molar-refractivity contribution in [1.29, 1.82) is 0 Å². The third-order valence-electron chi connectivity index (χ3n) is 5.00. The summed E-state index contributed by atoms with van der Waals surface area (Å²) in [4.78, 5) is 41.1. The lowest BCUT2D eigenvalue weighted by Gasteiger charge is -2.34. The summed E-state index contributed by atoms with van der Waals surface area (Å²) in [5, 5.41) is 15.4. The second-order valence-electron chi connectivity index (χ2n) is 9.62. The van der Waals surface area contributed by atoms with Gasteiger partial charge in [-0.2, -0.15) is 0 Å². The fraction of sp³-hybridized carbons (Fsp3) is 0.444. The van der Waals surface area contributed by atoms with Crippen molar-refractivity contribution in [3.8, 4) is 0 Å². The molecule has 2 rings (SSSR count). The van der Waals surface area contributed by atoms with Crippen molar-refractivity contribution in [3.63, 3.8) is 0 Å². The molecule has 2 unspecified atom stereocenters. The van der Waals surface area contributed by atoms with E-state index in [1.165, 1.54) is 4.90 Å². The third kappa shape index (κ3) is 9.05. The van der Waals surface area contributed by atoms with Gasteiger partial charge < -0.3 is 25.4 Å². The number of rotatable bonds is 10. The summed E-state index contributed by atoms with van der Waals surface area (Å²) in [6.07, 6.45) is -0.549. The van der Waals surface area contributed by atoms with Crippen molar-refractivity contribution in [2.24, 2.45) is 0 Å². The molecule has 0 aliphatic rings. The maximum absolute atomic E-state index is 13.9. The first-order valence-corrected chi connectivity index (χ1v) is 11.8. The quantitative estimate of drug-likeness (QED) is 0.481. The molecular formula is C27H37N3O5. The number of benzene rings is 2. The van der Waals surface area contributed by atoms with Gasteiger partial charge in [-0.25, -0.2) is 4.79 Å². The molecule has 0 bridgehead atoms. The first-order chi connectivity index (χ1) is 16.5. The number of carbonyl (C=O) groups excluding carboxylic acids is 3. The van der Waals surface area contributed by atoms with Crippen LogP contribution in [0.3, 0.4) is 0 Å². The van der Waals surface area contributed by atoms with Gasteiger partial charge in [-0.05, 0) is 45.7 Å². The molecule has 0 saturated carbocycles. The van der Waals surface area contributed by atoms with Gasteiger partial charge in [-0.15, -0.1) is 0 Å². The van der Waals surface area contributed by atoms with Gasteiger partial charge in [-0.1, -0.05) is 60.7 Å². The molecule has 0 heterocycles. The number of hydrogen-bond acceptors (Lipinski definition) is 5. The minimum absolute atomic E-state index is 0.0921. The molecular weight excluding hydrogens is 446 g/mol. The summed E-state index contributed by atoms with van der Waals surface area (Å²) in [6, 6.07) is 16.0. The van der Waals surface area contributed by atoms with Gasteiger partial charge in [0, 0.05) is 19.0 Å². The predicted molar refractivity (Wildman–Crippen MR) is 135 cm³/mol. The van der Waals surface area contributed by atoms with E-state index >= 15 is 0 Å². The van der Waals surface area contributed by atoms with E-state index in [4.69, 9.17) is 4.74 Å². The van der Waals surface area contributed by atoms with Crippen LogP contribution < -0.4 is 10.6 Å². The zero-order chi connectivity index (χ0) is 26.0. The Bertz CT molecular complexity index is 958. The van der Waals surface area contributed by atoms with Crippen molar-refractivity contribution in [2.45, 2.75) is 64.8 Å². The minimum atomic E-state index is -1.02. The van der Waals surface area contributed by atoms with E-state index in [0.717, 1.165) is 5.56 Å². The number of alkyl carbamates (subject to hydrolysis) is 1. The van der Waals surface area contributed by atoms with E-state index in [9.17, 15) is 19.5 Å². The fourth-order valence-electron chi connectivity index (χ4n) is 3.65. The summed E-state index contributed by atoms with van der Waals surface area (Å²) >= 11 is 0. The molecule has 0 saturated heterocycles. The van der Waals surface area contributed by atoms with Crippen molar-refractivity contribution < 1.29 is 24.2 Å². The molecule has 35 heavy (non-hydrogen) atoms. The highest BCUT2D eigenvalue weighted by Crippen LogP contribution is 2.23. The molecule has 3 N–H and O–H groups in total. The Morgan fingerprint density at radius 1 is 0.943 bits per heavy atom. The van der Waals surface area contributed by atoms with E-state index in [-0.39, 0.29) is 31.5 Å². The Morgan fingerprint density at radius 3 is 2.03 bits per heavy atom. The topological polar surface area (TPSA) is 108 Å². The normalized spacial score (nSPS) is 13.0. The second kappa shape index (κ2) is 12.9. The lowest BCUT2D eigenvalue weighted by Crippen LogP contribution is -2.54. The molecule has 8 nitrogen and oxygen atoms in total. The van der Waals surface area contributed by atoms with Crippen LogP contribution in [0.2, 0.25) is 0 Å². The van der Waals surface area contributed by atoms with E-state index in [2.05, 4.69) is 10.6 Å². The first kappa shape index (κ1) is 27.9. The monoisotopic (exact) mass is 483 g/mol. The molecule has 2 aromatic rings. The zero-order valence-electron chi connectivity index (χ0n) is 21.2. The largest absolute Gasteiger partial charge is 0.444 e. The number of hydrogen-bond donors (Lipinski definition) is 3. The maximum Gasteiger partial charge on any atom is 0.408 e. The molecule has 2 aromatic carbocycles. The van der Waals surface area contributed by atoms with E-state index in [1.54, 1.807) is 45.0 Å². The molecule has 0 aromatic heterocycles.